The molecule has 0 saturated heterocycles. The molecule has 2 N–H and O–H groups in total. The molecule has 1 unspecified atom stereocenters. The summed E-state index contributed by atoms with van der Waals surface area (Å²) in [4.78, 5) is 12.0. The van der Waals surface area contributed by atoms with Gasteiger partial charge in [0.25, 0.3) is 0 Å². The zero-order valence-corrected chi connectivity index (χ0v) is 14.6. The lowest BCUT2D eigenvalue weighted by atomic mass is 10.1. The Morgan fingerprint density at radius 2 is 1.69 bits per heavy atom. The molecule has 2 rings (SSSR count). The zero-order chi connectivity index (χ0) is 19.2. The van der Waals surface area contributed by atoms with Crippen LogP contribution in [0.1, 0.15) is 36.6 Å². The van der Waals surface area contributed by atoms with Gasteiger partial charge >= 0.3 is 12.2 Å². The zero-order valence-electron chi connectivity index (χ0n) is 14.6. The fourth-order valence-electron chi connectivity index (χ4n) is 2.34. The van der Waals surface area contributed by atoms with Gasteiger partial charge in [0, 0.05) is 6.54 Å². The lowest BCUT2D eigenvalue weighted by molar-refractivity contribution is -0.137. The van der Waals surface area contributed by atoms with E-state index in [4.69, 9.17) is 4.74 Å². The first-order chi connectivity index (χ1) is 12.3. The number of amides is 2. The van der Waals surface area contributed by atoms with Gasteiger partial charge in [-0.1, -0.05) is 24.3 Å². The van der Waals surface area contributed by atoms with E-state index < -0.39 is 17.8 Å². The molecule has 26 heavy (non-hydrogen) atoms. The van der Waals surface area contributed by atoms with Crippen LogP contribution in [0.3, 0.4) is 0 Å². The summed E-state index contributed by atoms with van der Waals surface area (Å²) in [6.07, 6.45) is -4.36. The van der Waals surface area contributed by atoms with Crippen LogP contribution in [0.4, 0.5) is 18.0 Å². The quantitative estimate of drug-likeness (QED) is 0.781. The van der Waals surface area contributed by atoms with E-state index in [0.717, 1.165) is 23.4 Å². The first-order valence-electron chi connectivity index (χ1n) is 8.23. The van der Waals surface area contributed by atoms with Gasteiger partial charge in [0.05, 0.1) is 18.2 Å². The number of ether oxygens (including phenoxy) is 1. The van der Waals surface area contributed by atoms with Crippen molar-refractivity contribution in [1.29, 1.82) is 0 Å². The molecule has 0 aliphatic heterocycles. The monoisotopic (exact) mass is 366 g/mol. The largest absolute Gasteiger partial charge is 0.494 e. The number of rotatable bonds is 6. The van der Waals surface area contributed by atoms with Crippen molar-refractivity contribution < 1.29 is 22.7 Å². The lowest BCUT2D eigenvalue weighted by Gasteiger charge is -2.16. The van der Waals surface area contributed by atoms with E-state index in [9.17, 15) is 18.0 Å². The molecular formula is C19H21F3N2O2. The van der Waals surface area contributed by atoms with Gasteiger partial charge in [-0.15, -0.1) is 0 Å². The van der Waals surface area contributed by atoms with Gasteiger partial charge in [0.2, 0.25) is 0 Å². The Bertz CT molecular complexity index is 713. The minimum Gasteiger partial charge on any atom is -0.494 e. The molecule has 4 nitrogen and oxygen atoms in total. The number of carbonyl (C=O) groups excluding carboxylic acids is 1. The van der Waals surface area contributed by atoms with Crippen molar-refractivity contribution in [3.63, 3.8) is 0 Å². The van der Waals surface area contributed by atoms with Crippen LogP contribution >= 0.6 is 0 Å². The molecule has 0 heterocycles. The fourth-order valence-corrected chi connectivity index (χ4v) is 2.34. The topological polar surface area (TPSA) is 50.4 Å². The second kappa shape index (κ2) is 8.60. The predicted molar refractivity (Wildman–Crippen MR) is 92.8 cm³/mol. The Kier molecular flexibility index (Phi) is 6.49. The highest BCUT2D eigenvalue weighted by Crippen LogP contribution is 2.29. The Morgan fingerprint density at radius 3 is 2.23 bits per heavy atom. The van der Waals surface area contributed by atoms with E-state index in [0.29, 0.717) is 12.2 Å². The second-order valence-electron chi connectivity index (χ2n) is 5.75. The average molecular weight is 366 g/mol. The lowest BCUT2D eigenvalue weighted by Crippen LogP contribution is -2.36. The predicted octanol–water partition coefficient (Wildman–Crippen LogP) is 4.66. The summed E-state index contributed by atoms with van der Waals surface area (Å²) in [5, 5.41) is 5.42. The molecule has 0 aliphatic rings. The van der Waals surface area contributed by atoms with Crippen LogP contribution < -0.4 is 15.4 Å². The SMILES string of the molecule is CCOc1ccc(C(C)NC(=O)NCc2ccc(C(F)(F)F)cc2)cc1. The number of hydrogen-bond acceptors (Lipinski definition) is 2. The van der Waals surface area contributed by atoms with Gasteiger partial charge in [0.15, 0.2) is 0 Å². The summed E-state index contributed by atoms with van der Waals surface area (Å²) in [5.74, 6) is 0.759. The summed E-state index contributed by atoms with van der Waals surface area (Å²) in [6, 6.07) is 11.5. The third-order valence-electron chi connectivity index (χ3n) is 3.77. The maximum atomic E-state index is 12.5. The number of halogens is 3. The molecule has 0 bridgehead atoms. The summed E-state index contributed by atoms with van der Waals surface area (Å²) in [6.45, 7) is 4.46. The van der Waals surface area contributed by atoms with Crippen LogP contribution in [-0.4, -0.2) is 12.6 Å². The molecule has 0 radical (unpaired) electrons. The molecule has 0 fully saturated rings. The summed E-state index contributed by atoms with van der Waals surface area (Å²) in [5.41, 5.74) is 0.787. The molecular weight excluding hydrogens is 345 g/mol. The average Bonchev–Trinajstić information content (AvgIpc) is 2.60. The number of urea groups is 1. The van der Waals surface area contributed by atoms with Gasteiger partial charge < -0.3 is 15.4 Å². The maximum absolute atomic E-state index is 12.5. The molecule has 0 aromatic heterocycles. The van der Waals surface area contributed by atoms with Gasteiger partial charge in [-0.25, -0.2) is 4.79 Å². The van der Waals surface area contributed by atoms with Crippen molar-refractivity contribution >= 4 is 6.03 Å². The van der Waals surface area contributed by atoms with Crippen molar-refractivity contribution in [2.45, 2.75) is 32.6 Å². The highest BCUT2D eigenvalue weighted by Gasteiger charge is 2.29. The smallest absolute Gasteiger partial charge is 0.416 e. The fraction of sp³-hybridized carbons (Fsp3) is 0.316. The number of hydrogen-bond donors (Lipinski definition) is 2. The van der Waals surface area contributed by atoms with E-state index in [-0.39, 0.29) is 12.6 Å². The van der Waals surface area contributed by atoms with E-state index in [1.807, 2.05) is 38.1 Å². The van der Waals surface area contributed by atoms with Crippen molar-refractivity contribution in [3.05, 3.63) is 65.2 Å². The third-order valence-corrected chi connectivity index (χ3v) is 3.77. The first-order valence-corrected chi connectivity index (χ1v) is 8.23. The molecule has 2 aromatic carbocycles. The summed E-state index contributed by atoms with van der Waals surface area (Å²) < 4.78 is 42.9. The van der Waals surface area contributed by atoms with Crippen LogP contribution in [0.5, 0.6) is 5.75 Å². The van der Waals surface area contributed by atoms with Gasteiger partial charge in [-0.05, 0) is 49.2 Å². The van der Waals surface area contributed by atoms with Crippen molar-refractivity contribution in [3.8, 4) is 5.75 Å². The molecule has 140 valence electrons. The second-order valence-corrected chi connectivity index (χ2v) is 5.75. The molecule has 0 spiro atoms. The molecule has 1 atom stereocenters. The van der Waals surface area contributed by atoms with E-state index in [1.54, 1.807) is 0 Å². The number of nitrogens with one attached hydrogen (secondary N) is 2. The van der Waals surface area contributed by atoms with Crippen LogP contribution in [0.25, 0.3) is 0 Å². The molecule has 7 heteroatoms. The van der Waals surface area contributed by atoms with Crippen LogP contribution in [0.2, 0.25) is 0 Å². The highest BCUT2D eigenvalue weighted by molar-refractivity contribution is 5.74. The minimum atomic E-state index is -4.36. The van der Waals surface area contributed by atoms with Gasteiger partial charge in [-0.2, -0.15) is 13.2 Å². The molecule has 0 saturated carbocycles. The van der Waals surface area contributed by atoms with Crippen LogP contribution in [0, 0.1) is 0 Å². The Balaban J connectivity index is 1.84. The van der Waals surface area contributed by atoms with Crippen molar-refractivity contribution in [2.75, 3.05) is 6.61 Å². The Morgan fingerprint density at radius 1 is 1.08 bits per heavy atom. The molecule has 0 aliphatic carbocycles. The van der Waals surface area contributed by atoms with Gasteiger partial charge in [-0.3, -0.25) is 0 Å². The van der Waals surface area contributed by atoms with Crippen LogP contribution in [0.15, 0.2) is 48.5 Å². The van der Waals surface area contributed by atoms with Crippen LogP contribution in [-0.2, 0) is 12.7 Å². The minimum absolute atomic E-state index is 0.139. The first kappa shape index (κ1) is 19.6. The molecule has 2 aromatic rings. The number of benzene rings is 2. The van der Waals surface area contributed by atoms with Crippen molar-refractivity contribution in [2.24, 2.45) is 0 Å². The van der Waals surface area contributed by atoms with E-state index in [1.165, 1.54) is 12.1 Å². The third kappa shape index (κ3) is 5.68. The molecule has 2 amide bonds. The normalized spacial score (nSPS) is 12.3. The Labute approximate surface area is 150 Å². The summed E-state index contributed by atoms with van der Waals surface area (Å²) in [7, 11) is 0. The van der Waals surface area contributed by atoms with E-state index >= 15 is 0 Å². The number of alkyl halides is 3. The maximum Gasteiger partial charge on any atom is 0.416 e. The van der Waals surface area contributed by atoms with E-state index in [2.05, 4.69) is 10.6 Å². The standard InChI is InChI=1S/C19H21F3N2O2/c1-3-26-17-10-6-15(7-11-17)13(2)24-18(25)23-12-14-4-8-16(9-5-14)19(20,21)22/h4-11,13H,3,12H2,1-2H3,(H2,23,24,25). The van der Waals surface area contributed by atoms with Crippen molar-refractivity contribution in [1.82, 2.24) is 10.6 Å². The summed E-state index contributed by atoms with van der Waals surface area (Å²) >= 11 is 0. The highest BCUT2D eigenvalue weighted by atomic mass is 19.4. The van der Waals surface area contributed by atoms with Gasteiger partial charge in [0.1, 0.15) is 5.75 Å². The Hall–Kier alpha value is -2.70. The number of carbonyl (C=O) groups is 1.